The second-order valence-electron chi connectivity index (χ2n) is 3.79. The van der Waals surface area contributed by atoms with Gasteiger partial charge < -0.3 is 4.90 Å². The minimum Gasteiger partial charge on any atom is -0.342 e. The zero-order valence-corrected chi connectivity index (χ0v) is 11.3. The van der Waals surface area contributed by atoms with E-state index in [0.717, 1.165) is 5.69 Å². The van der Waals surface area contributed by atoms with Crippen LogP contribution in [0.15, 0.2) is 46.9 Å². The smallest absolute Gasteiger partial charge is 0.146 e. The highest BCUT2D eigenvalue weighted by atomic mass is 79.9. The fraction of sp³-hybridized carbons (Fsp3) is 0.0714. The van der Waals surface area contributed by atoms with Gasteiger partial charge in [-0.1, -0.05) is 12.1 Å². The van der Waals surface area contributed by atoms with E-state index in [-0.39, 0.29) is 5.82 Å². The van der Waals surface area contributed by atoms with Gasteiger partial charge >= 0.3 is 0 Å². The topological polar surface area (TPSA) is 27.0 Å². The summed E-state index contributed by atoms with van der Waals surface area (Å²) in [6.07, 6.45) is 0. The molecule has 2 rings (SSSR count). The van der Waals surface area contributed by atoms with Gasteiger partial charge in [0, 0.05) is 17.2 Å². The molecule has 0 unspecified atom stereocenters. The van der Waals surface area contributed by atoms with Crippen LogP contribution < -0.4 is 4.90 Å². The van der Waals surface area contributed by atoms with Crippen LogP contribution in [0.5, 0.6) is 0 Å². The highest BCUT2D eigenvalue weighted by Crippen LogP contribution is 2.29. The lowest BCUT2D eigenvalue weighted by molar-refractivity contribution is 0.627. The summed E-state index contributed by atoms with van der Waals surface area (Å²) < 4.78 is 14.4. The molecule has 90 valence electrons. The Morgan fingerprint density at radius 3 is 2.56 bits per heavy atom. The molecule has 0 saturated heterocycles. The molecule has 0 aliphatic carbocycles. The van der Waals surface area contributed by atoms with Crippen LogP contribution in [0.2, 0.25) is 0 Å². The standard InChI is InChI=1S/C14H10BrFN2/c1-18(14-5-3-2-4-13(14)16)11-7-6-10(9-17)12(15)8-11/h2-8H,1H3. The zero-order chi connectivity index (χ0) is 13.1. The summed E-state index contributed by atoms with van der Waals surface area (Å²) in [5, 5.41) is 8.86. The second kappa shape index (κ2) is 5.19. The van der Waals surface area contributed by atoms with Crippen molar-refractivity contribution in [1.82, 2.24) is 0 Å². The average molecular weight is 305 g/mol. The Kier molecular flexibility index (Phi) is 3.63. The van der Waals surface area contributed by atoms with Crippen LogP contribution in [-0.4, -0.2) is 7.05 Å². The van der Waals surface area contributed by atoms with E-state index in [1.165, 1.54) is 6.07 Å². The number of benzene rings is 2. The quantitative estimate of drug-likeness (QED) is 0.830. The molecular weight excluding hydrogens is 295 g/mol. The molecule has 4 heteroatoms. The summed E-state index contributed by atoms with van der Waals surface area (Å²) in [4.78, 5) is 1.74. The van der Waals surface area contributed by atoms with Gasteiger partial charge in [-0.05, 0) is 46.3 Å². The van der Waals surface area contributed by atoms with Crippen LogP contribution in [-0.2, 0) is 0 Å². The Morgan fingerprint density at radius 1 is 1.22 bits per heavy atom. The van der Waals surface area contributed by atoms with Crippen molar-refractivity contribution in [2.75, 3.05) is 11.9 Å². The Labute approximate surface area is 113 Å². The van der Waals surface area contributed by atoms with Gasteiger partial charge in [0.1, 0.15) is 11.9 Å². The van der Waals surface area contributed by atoms with Crippen LogP contribution in [0, 0.1) is 17.1 Å². The predicted octanol–water partition coefficient (Wildman–Crippen LogP) is 4.23. The first-order chi connectivity index (χ1) is 8.63. The third-order valence-electron chi connectivity index (χ3n) is 2.67. The lowest BCUT2D eigenvalue weighted by atomic mass is 10.2. The van der Waals surface area contributed by atoms with Gasteiger partial charge in [0.05, 0.1) is 11.3 Å². The predicted molar refractivity (Wildman–Crippen MR) is 73.3 cm³/mol. The van der Waals surface area contributed by atoms with Crippen molar-refractivity contribution >= 4 is 27.3 Å². The van der Waals surface area contributed by atoms with Crippen molar-refractivity contribution < 1.29 is 4.39 Å². The van der Waals surface area contributed by atoms with Gasteiger partial charge in [-0.2, -0.15) is 5.26 Å². The van der Waals surface area contributed by atoms with Gasteiger partial charge in [-0.25, -0.2) is 4.39 Å². The molecule has 0 radical (unpaired) electrons. The van der Waals surface area contributed by atoms with E-state index >= 15 is 0 Å². The molecule has 2 aromatic carbocycles. The maximum Gasteiger partial charge on any atom is 0.146 e. The first-order valence-corrected chi connectivity index (χ1v) is 6.10. The third kappa shape index (κ3) is 2.36. The van der Waals surface area contributed by atoms with E-state index in [1.54, 1.807) is 48.3 Å². The number of hydrogen-bond acceptors (Lipinski definition) is 2. The molecule has 0 saturated carbocycles. The summed E-state index contributed by atoms with van der Waals surface area (Å²) in [5.74, 6) is -0.277. The first kappa shape index (κ1) is 12.6. The summed E-state index contributed by atoms with van der Waals surface area (Å²) in [6.45, 7) is 0. The highest BCUT2D eigenvalue weighted by molar-refractivity contribution is 9.10. The molecule has 2 aromatic rings. The van der Waals surface area contributed by atoms with Crippen molar-refractivity contribution in [3.63, 3.8) is 0 Å². The number of rotatable bonds is 2. The summed E-state index contributed by atoms with van der Waals surface area (Å²) in [6, 6.07) is 13.9. The average Bonchev–Trinajstić information content (AvgIpc) is 2.38. The highest BCUT2D eigenvalue weighted by Gasteiger charge is 2.10. The number of nitriles is 1. The van der Waals surface area contributed by atoms with Crippen LogP contribution in [0.4, 0.5) is 15.8 Å². The molecule has 0 heterocycles. The van der Waals surface area contributed by atoms with Gasteiger partial charge in [-0.15, -0.1) is 0 Å². The van der Waals surface area contributed by atoms with E-state index in [4.69, 9.17) is 5.26 Å². The normalized spacial score (nSPS) is 9.89. The Morgan fingerprint density at radius 2 is 1.94 bits per heavy atom. The fourth-order valence-corrected chi connectivity index (χ4v) is 2.12. The van der Waals surface area contributed by atoms with Crippen molar-refractivity contribution in [2.24, 2.45) is 0 Å². The maximum atomic E-state index is 13.7. The zero-order valence-electron chi connectivity index (χ0n) is 9.69. The number of anilines is 2. The van der Waals surface area contributed by atoms with Crippen LogP contribution in [0.3, 0.4) is 0 Å². The van der Waals surface area contributed by atoms with Crippen molar-refractivity contribution in [3.05, 3.63) is 58.3 Å². The molecule has 18 heavy (non-hydrogen) atoms. The minimum absolute atomic E-state index is 0.277. The Hall–Kier alpha value is -1.86. The van der Waals surface area contributed by atoms with Gasteiger partial charge in [0.25, 0.3) is 0 Å². The second-order valence-corrected chi connectivity index (χ2v) is 4.64. The summed E-state index contributed by atoms with van der Waals surface area (Å²) >= 11 is 3.32. The Balaban J connectivity index is 2.41. The van der Waals surface area contributed by atoms with Crippen molar-refractivity contribution in [1.29, 1.82) is 5.26 Å². The number of nitrogens with zero attached hydrogens (tertiary/aromatic N) is 2. The molecule has 0 amide bonds. The summed E-state index contributed by atoms with van der Waals surface area (Å²) in [5.41, 5.74) is 1.86. The van der Waals surface area contributed by atoms with Gasteiger partial charge in [0.2, 0.25) is 0 Å². The number of para-hydroxylation sites is 1. The van der Waals surface area contributed by atoms with Gasteiger partial charge in [0.15, 0.2) is 0 Å². The molecule has 0 aromatic heterocycles. The molecule has 0 atom stereocenters. The third-order valence-corrected chi connectivity index (χ3v) is 3.33. The molecule has 2 nitrogen and oxygen atoms in total. The van der Waals surface area contributed by atoms with E-state index in [1.807, 2.05) is 0 Å². The molecule has 0 N–H and O–H groups in total. The molecule has 0 aliphatic heterocycles. The molecule has 0 spiro atoms. The lowest BCUT2D eigenvalue weighted by Crippen LogP contribution is -2.11. The summed E-state index contributed by atoms with van der Waals surface area (Å²) in [7, 11) is 1.78. The maximum absolute atomic E-state index is 13.7. The number of halogens is 2. The first-order valence-electron chi connectivity index (χ1n) is 5.31. The van der Waals surface area contributed by atoms with Crippen molar-refractivity contribution in [3.8, 4) is 6.07 Å². The van der Waals surface area contributed by atoms with E-state index in [0.29, 0.717) is 15.7 Å². The van der Waals surface area contributed by atoms with E-state index in [2.05, 4.69) is 22.0 Å². The van der Waals surface area contributed by atoms with Gasteiger partial charge in [-0.3, -0.25) is 0 Å². The molecule has 0 fully saturated rings. The molecule has 0 bridgehead atoms. The van der Waals surface area contributed by atoms with Crippen molar-refractivity contribution in [2.45, 2.75) is 0 Å². The van der Waals surface area contributed by atoms with Crippen LogP contribution >= 0.6 is 15.9 Å². The minimum atomic E-state index is -0.277. The van der Waals surface area contributed by atoms with Crippen LogP contribution in [0.25, 0.3) is 0 Å². The lowest BCUT2D eigenvalue weighted by Gasteiger charge is -2.20. The van der Waals surface area contributed by atoms with E-state index < -0.39 is 0 Å². The molecular formula is C14H10BrFN2. The molecule has 0 aliphatic rings. The van der Waals surface area contributed by atoms with Crippen LogP contribution in [0.1, 0.15) is 5.56 Å². The Bertz CT molecular complexity index is 619. The monoisotopic (exact) mass is 304 g/mol. The van der Waals surface area contributed by atoms with E-state index in [9.17, 15) is 4.39 Å². The number of hydrogen-bond donors (Lipinski definition) is 0. The largest absolute Gasteiger partial charge is 0.342 e. The fourth-order valence-electron chi connectivity index (χ4n) is 1.67. The SMILES string of the molecule is CN(c1ccc(C#N)c(Br)c1)c1ccccc1F.